The Morgan fingerprint density at radius 2 is 2.20 bits per heavy atom. The molecule has 2 heterocycles. The van der Waals surface area contributed by atoms with Crippen molar-refractivity contribution in [2.24, 2.45) is 0 Å². The molecule has 0 unspecified atom stereocenters. The van der Waals surface area contributed by atoms with Crippen LogP contribution in [0.2, 0.25) is 0 Å². The van der Waals surface area contributed by atoms with E-state index < -0.39 is 11.9 Å². The number of aryl methyl sites for hydroxylation is 1. The largest absolute Gasteiger partial charge is 0.462 e. The molecule has 1 amide bonds. The van der Waals surface area contributed by atoms with Gasteiger partial charge in [0.15, 0.2) is 0 Å². The standard InChI is InChI=1S/C12H14N4O3S/c1-4-19-12(18)8-6(2)7(3)20-11(8)15-10(17)9-13-5-14-16-9/h5H,4H2,1-3H3,(H,15,17)(H,13,14,16). The van der Waals surface area contributed by atoms with Crippen LogP contribution in [-0.2, 0) is 4.74 Å². The summed E-state index contributed by atoms with van der Waals surface area (Å²) >= 11 is 1.33. The maximum atomic E-state index is 12.0. The number of thiophene rings is 1. The third kappa shape index (κ3) is 2.69. The summed E-state index contributed by atoms with van der Waals surface area (Å²) in [4.78, 5) is 28.6. The number of aromatic nitrogens is 3. The van der Waals surface area contributed by atoms with Gasteiger partial charge in [-0.05, 0) is 26.3 Å². The topological polar surface area (TPSA) is 97.0 Å². The van der Waals surface area contributed by atoms with E-state index in [9.17, 15) is 9.59 Å². The first-order chi connectivity index (χ1) is 9.54. The fourth-order valence-corrected chi connectivity index (χ4v) is 2.68. The molecule has 0 fully saturated rings. The molecule has 2 aromatic rings. The van der Waals surface area contributed by atoms with Gasteiger partial charge in [-0.15, -0.1) is 11.3 Å². The molecule has 0 saturated carbocycles. The molecule has 0 spiro atoms. The number of anilines is 1. The van der Waals surface area contributed by atoms with Crippen molar-refractivity contribution in [3.8, 4) is 0 Å². The Morgan fingerprint density at radius 3 is 2.80 bits per heavy atom. The van der Waals surface area contributed by atoms with Crippen molar-refractivity contribution in [1.82, 2.24) is 15.2 Å². The average Bonchev–Trinajstić information content (AvgIpc) is 3.00. The lowest BCUT2D eigenvalue weighted by Crippen LogP contribution is -2.16. The highest BCUT2D eigenvalue weighted by Gasteiger charge is 2.22. The second-order valence-corrected chi connectivity index (χ2v) is 5.22. The van der Waals surface area contributed by atoms with E-state index in [1.165, 1.54) is 17.7 Å². The number of ether oxygens (including phenoxy) is 1. The normalized spacial score (nSPS) is 10.3. The smallest absolute Gasteiger partial charge is 0.341 e. The van der Waals surface area contributed by atoms with Gasteiger partial charge in [0.25, 0.3) is 5.91 Å². The van der Waals surface area contributed by atoms with E-state index in [2.05, 4.69) is 20.5 Å². The minimum Gasteiger partial charge on any atom is -0.462 e. The summed E-state index contributed by atoms with van der Waals surface area (Å²) in [5.41, 5.74) is 1.20. The van der Waals surface area contributed by atoms with E-state index in [0.717, 1.165) is 10.4 Å². The summed E-state index contributed by atoms with van der Waals surface area (Å²) in [6.07, 6.45) is 1.24. The van der Waals surface area contributed by atoms with E-state index >= 15 is 0 Å². The molecule has 0 aromatic carbocycles. The Kier molecular flexibility index (Phi) is 4.14. The number of hydrogen-bond acceptors (Lipinski definition) is 6. The zero-order valence-corrected chi connectivity index (χ0v) is 12.1. The highest BCUT2D eigenvalue weighted by atomic mass is 32.1. The molecule has 0 saturated heterocycles. The monoisotopic (exact) mass is 294 g/mol. The molecular weight excluding hydrogens is 280 g/mol. The van der Waals surface area contributed by atoms with Crippen LogP contribution in [-0.4, -0.2) is 33.7 Å². The van der Waals surface area contributed by atoms with Crippen LogP contribution in [0.25, 0.3) is 0 Å². The van der Waals surface area contributed by atoms with Crippen LogP contribution in [0.15, 0.2) is 6.33 Å². The lowest BCUT2D eigenvalue weighted by Gasteiger charge is -2.05. The molecular formula is C12H14N4O3S. The number of nitrogens with zero attached hydrogens (tertiary/aromatic N) is 2. The van der Waals surface area contributed by atoms with Gasteiger partial charge in [-0.3, -0.25) is 9.89 Å². The summed E-state index contributed by atoms with van der Waals surface area (Å²) in [6, 6.07) is 0. The summed E-state index contributed by atoms with van der Waals surface area (Å²) in [6.45, 7) is 5.72. The van der Waals surface area contributed by atoms with E-state index in [0.29, 0.717) is 10.6 Å². The van der Waals surface area contributed by atoms with Gasteiger partial charge < -0.3 is 10.1 Å². The predicted molar refractivity (Wildman–Crippen MR) is 74.1 cm³/mol. The van der Waals surface area contributed by atoms with Gasteiger partial charge in [0, 0.05) is 4.88 Å². The molecule has 20 heavy (non-hydrogen) atoms. The Bertz CT molecular complexity index is 633. The number of amides is 1. The Morgan fingerprint density at radius 1 is 1.45 bits per heavy atom. The number of nitrogens with one attached hydrogen (secondary N) is 2. The van der Waals surface area contributed by atoms with Crippen LogP contribution in [0.5, 0.6) is 0 Å². The number of H-pyrrole nitrogens is 1. The van der Waals surface area contributed by atoms with E-state index in [1.54, 1.807) is 6.92 Å². The van der Waals surface area contributed by atoms with Crippen molar-refractivity contribution < 1.29 is 14.3 Å². The molecule has 8 heteroatoms. The maximum Gasteiger partial charge on any atom is 0.341 e. The Labute approximate surface area is 119 Å². The van der Waals surface area contributed by atoms with Crippen LogP contribution < -0.4 is 5.32 Å². The van der Waals surface area contributed by atoms with Crippen molar-refractivity contribution in [2.45, 2.75) is 20.8 Å². The SMILES string of the molecule is CCOC(=O)c1c(NC(=O)c2ncn[nH]2)sc(C)c1C. The molecule has 0 aliphatic carbocycles. The van der Waals surface area contributed by atoms with Gasteiger partial charge in [-0.2, -0.15) is 5.10 Å². The third-order valence-electron chi connectivity index (χ3n) is 2.72. The quantitative estimate of drug-likeness (QED) is 0.840. The fourth-order valence-electron chi connectivity index (χ4n) is 1.64. The highest BCUT2D eigenvalue weighted by molar-refractivity contribution is 7.16. The number of carbonyl (C=O) groups is 2. The lowest BCUT2D eigenvalue weighted by atomic mass is 10.1. The minimum absolute atomic E-state index is 0.0866. The first-order valence-corrected chi connectivity index (χ1v) is 6.80. The zero-order chi connectivity index (χ0) is 14.7. The first kappa shape index (κ1) is 14.2. The number of hydrogen-bond donors (Lipinski definition) is 2. The second-order valence-electron chi connectivity index (χ2n) is 4.00. The molecule has 2 N–H and O–H groups in total. The van der Waals surface area contributed by atoms with Gasteiger partial charge in [0.2, 0.25) is 5.82 Å². The number of esters is 1. The number of carbonyl (C=O) groups excluding carboxylic acids is 2. The zero-order valence-electron chi connectivity index (χ0n) is 11.3. The van der Waals surface area contributed by atoms with Gasteiger partial charge in [0.1, 0.15) is 11.3 Å². The van der Waals surface area contributed by atoms with Gasteiger partial charge >= 0.3 is 5.97 Å². The Hall–Kier alpha value is -2.22. The summed E-state index contributed by atoms with van der Waals surface area (Å²) in [5, 5.41) is 9.19. The summed E-state index contributed by atoms with van der Waals surface area (Å²) in [7, 11) is 0. The van der Waals surface area contributed by atoms with E-state index in [-0.39, 0.29) is 12.4 Å². The molecule has 0 atom stereocenters. The number of rotatable bonds is 4. The average molecular weight is 294 g/mol. The van der Waals surface area contributed by atoms with E-state index in [4.69, 9.17) is 4.74 Å². The third-order valence-corrected chi connectivity index (χ3v) is 3.84. The first-order valence-electron chi connectivity index (χ1n) is 5.98. The number of aromatic amines is 1. The molecule has 0 radical (unpaired) electrons. The van der Waals surface area contributed by atoms with Crippen molar-refractivity contribution >= 4 is 28.2 Å². The van der Waals surface area contributed by atoms with Crippen molar-refractivity contribution in [3.63, 3.8) is 0 Å². The Balaban J connectivity index is 2.30. The molecule has 0 aliphatic rings. The van der Waals surface area contributed by atoms with Gasteiger partial charge in [-0.1, -0.05) is 0 Å². The van der Waals surface area contributed by atoms with E-state index in [1.807, 2.05) is 13.8 Å². The molecule has 2 rings (SSSR count). The summed E-state index contributed by atoms with van der Waals surface area (Å²) in [5.74, 6) is -0.806. The second kappa shape index (κ2) is 5.83. The van der Waals surface area contributed by atoms with Gasteiger partial charge in [-0.25, -0.2) is 9.78 Å². The summed E-state index contributed by atoms with van der Waals surface area (Å²) < 4.78 is 5.02. The van der Waals surface area contributed by atoms with Crippen LogP contribution in [0.1, 0.15) is 38.3 Å². The van der Waals surface area contributed by atoms with Crippen molar-refractivity contribution in [1.29, 1.82) is 0 Å². The fraction of sp³-hybridized carbons (Fsp3) is 0.333. The van der Waals surface area contributed by atoms with Crippen molar-refractivity contribution in [3.05, 3.63) is 28.2 Å². The van der Waals surface area contributed by atoms with Crippen molar-refractivity contribution in [2.75, 3.05) is 11.9 Å². The maximum absolute atomic E-state index is 12.0. The van der Waals surface area contributed by atoms with Crippen LogP contribution >= 0.6 is 11.3 Å². The van der Waals surface area contributed by atoms with Crippen LogP contribution in [0.4, 0.5) is 5.00 Å². The molecule has 0 aliphatic heterocycles. The van der Waals surface area contributed by atoms with Crippen LogP contribution in [0, 0.1) is 13.8 Å². The molecule has 2 aromatic heterocycles. The lowest BCUT2D eigenvalue weighted by molar-refractivity contribution is 0.0527. The van der Waals surface area contributed by atoms with Gasteiger partial charge in [0.05, 0.1) is 12.2 Å². The molecule has 0 bridgehead atoms. The van der Waals surface area contributed by atoms with Crippen LogP contribution in [0.3, 0.4) is 0 Å². The molecule has 106 valence electrons. The minimum atomic E-state index is -0.450. The highest BCUT2D eigenvalue weighted by Crippen LogP contribution is 2.33. The predicted octanol–water partition coefficient (Wildman–Crippen LogP) is 1.91. The molecule has 7 nitrogen and oxygen atoms in total.